The average molecular weight is 234 g/mol. The summed E-state index contributed by atoms with van der Waals surface area (Å²) >= 11 is 0. The lowest BCUT2D eigenvalue weighted by Crippen LogP contribution is -2.27. The van der Waals surface area contributed by atoms with Crippen LogP contribution in [0.15, 0.2) is 22.8 Å². The highest BCUT2D eigenvalue weighted by Gasteiger charge is 2.43. The smallest absolute Gasteiger partial charge is 0.328 e. The van der Waals surface area contributed by atoms with Gasteiger partial charge in [0.15, 0.2) is 11.6 Å². The van der Waals surface area contributed by atoms with Crippen molar-refractivity contribution in [2.45, 2.75) is 33.1 Å². The van der Waals surface area contributed by atoms with Gasteiger partial charge in [-0.2, -0.15) is 0 Å². The second-order valence-electron chi connectivity index (χ2n) is 5.16. The number of carbonyl (C=O) groups excluding carboxylic acids is 2. The lowest BCUT2D eigenvalue weighted by molar-refractivity contribution is -0.131. The van der Waals surface area contributed by atoms with E-state index in [2.05, 4.69) is 0 Å². The van der Waals surface area contributed by atoms with Gasteiger partial charge in [-0.1, -0.05) is 13.8 Å². The third-order valence-electron chi connectivity index (χ3n) is 3.43. The van der Waals surface area contributed by atoms with E-state index in [0.29, 0.717) is 29.6 Å². The zero-order valence-corrected chi connectivity index (χ0v) is 9.87. The minimum Gasteiger partial charge on any atom is -0.478 e. The van der Waals surface area contributed by atoms with Crippen LogP contribution < -0.4 is 0 Å². The molecule has 4 nitrogen and oxygen atoms in total. The highest BCUT2D eigenvalue weighted by Crippen LogP contribution is 2.46. The van der Waals surface area contributed by atoms with Crippen molar-refractivity contribution in [2.75, 3.05) is 0 Å². The number of Topliss-reactive ketones (excluding diaryl/α,β-unsaturated/α-hetero) is 2. The molecular weight excluding hydrogens is 220 g/mol. The van der Waals surface area contributed by atoms with Gasteiger partial charge in [-0.15, -0.1) is 0 Å². The highest BCUT2D eigenvalue weighted by atomic mass is 16.4. The summed E-state index contributed by atoms with van der Waals surface area (Å²) in [6.45, 7) is 3.85. The summed E-state index contributed by atoms with van der Waals surface area (Å²) in [6.07, 6.45) is 2.07. The molecule has 0 bridgehead atoms. The Hall–Kier alpha value is -1.71. The summed E-state index contributed by atoms with van der Waals surface area (Å²) in [6, 6.07) is 0. The van der Waals surface area contributed by atoms with E-state index in [1.165, 1.54) is 0 Å². The molecule has 0 aromatic heterocycles. The van der Waals surface area contributed by atoms with E-state index in [1.807, 2.05) is 13.8 Å². The van der Waals surface area contributed by atoms with Crippen LogP contribution in [0.4, 0.5) is 0 Å². The first-order valence-electron chi connectivity index (χ1n) is 5.58. The van der Waals surface area contributed by atoms with E-state index in [-0.39, 0.29) is 23.4 Å². The van der Waals surface area contributed by atoms with E-state index >= 15 is 0 Å². The van der Waals surface area contributed by atoms with E-state index in [0.717, 1.165) is 6.08 Å². The molecule has 2 aliphatic rings. The molecule has 0 radical (unpaired) electrons. The van der Waals surface area contributed by atoms with Crippen LogP contribution >= 0.6 is 0 Å². The summed E-state index contributed by atoms with van der Waals surface area (Å²) < 4.78 is 0. The van der Waals surface area contributed by atoms with Gasteiger partial charge in [0.05, 0.1) is 0 Å². The Morgan fingerprint density at radius 3 is 2.53 bits per heavy atom. The molecule has 0 heterocycles. The van der Waals surface area contributed by atoms with Gasteiger partial charge in [0.25, 0.3) is 0 Å². The van der Waals surface area contributed by atoms with Crippen molar-refractivity contribution in [1.82, 2.24) is 0 Å². The van der Waals surface area contributed by atoms with E-state index in [9.17, 15) is 14.4 Å². The highest BCUT2D eigenvalue weighted by molar-refractivity contribution is 6.17. The summed E-state index contributed by atoms with van der Waals surface area (Å²) in [4.78, 5) is 34.5. The zero-order chi connectivity index (χ0) is 12.8. The monoisotopic (exact) mass is 234 g/mol. The molecule has 0 saturated carbocycles. The molecule has 90 valence electrons. The Labute approximate surface area is 99.0 Å². The molecule has 0 aromatic rings. The molecule has 4 heteroatoms. The molecule has 17 heavy (non-hydrogen) atoms. The van der Waals surface area contributed by atoms with Crippen LogP contribution in [-0.4, -0.2) is 22.6 Å². The van der Waals surface area contributed by atoms with E-state index < -0.39 is 5.97 Å². The number of hydrogen-bond acceptors (Lipinski definition) is 3. The number of carboxylic acid groups (broad SMARTS) is 1. The van der Waals surface area contributed by atoms with Crippen molar-refractivity contribution in [1.29, 1.82) is 0 Å². The summed E-state index contributed by atoms with van der Waals surface area (Å²) in [7, 11) is 0. The Kier molecular flexibility index (Phi) is 2.53. The molecular formula is C13H14O4. The third-order valence-corrected chi connectivity index (χ3v) is 3.43. The molecule has 0 atom stereocenters. The second-order valence-corrected chi connectivity index (χ2v) is 5.16. The van der Waals surface area contributed by atoms with Crippen LogP contribution in [0.5, 0.6) is 0 Å². The Morgan fingerprint density at radius 2 is 1.94 bits per heavy atom. The van der Waals surface area contributed by atoms with Gasteiger partial charge in [-0.05, 0) is 17.4 Å². The minimum atomic E-state index is -1.11. The van der Waals surface area contributed by atoms with Crippen molar-refractivity contribution in [3.05, 3.63) is 22.8 Å². The normalized spacial score (nSPS) is 25.4. The van der Waals surface area contributed by atoms with Crippen molar-refractivity contribution in [3.8, 4) is 0 Å². The fraction of sp³-hybridized carbons (Fsp3) is 0.462. The van der Waals surface area contributed by atoms with E-state index in [4.69, 9.17) is 5.11 Å². The van der Waals surface area contributed by atoms with Gasteiger partial charge in [0.2, 0.25) is 0 Å². The van der Waals surface area contributed by atoms with Crippen LogP contribution in [0, 0.1) is 5.41 Å². The Morgan fingerprint density at radius 1 is 1.29 bits per heavy atom. The molecule has 2 aliphatic carbocycles. The third kappa shape index (κ3) is 1.84. The van der Waals surface area contributed by atoms with E-state index in [1.54, 1.807) is 0 Å². The average Bonchev–Trinajstić information content (AvgIpc) is 2.50. The van der Waals surface area contributed by atoms with Crippen LogP contribution in [-0.2, 0) is 14.4 Å². The fourth-order valence-electron chi connectivity index (χ4n) is 2.63. The topological polar surface area (TPSA) is 71.4 Å². The molecule has 0 amide bonds. The molecule has 0 saturated heterocycles. The van der Waals surface area contributed by atoms with Crippen LogP contribution in [0.1, 0.15) is 33.1 Å². The predicted octanol–water partition coefficient (Wildman–Crippen LogP) is 1.66. The number of rotatable bonds is 1. The SMILES string of the molecule is CC1(C)CCC(=O)C2=C1C(=O)CC2=CC(=O)O. The number of aliphatic carboxylic acids is 1. The Bertz CT molecular complexity index is 492. The van der Waals surface area contributed by atoms with Gasteiger partial charge in [-0.3, -0.25) is 9.59 Å². The number of hydrogen-bond donors (Lipinski definition) is 1. The van der Waals surface area contributed by atoms with Crippen LogP contribution in [0.3, 0.4) is 0 Å². The van der Waals surface area contributed by atoms with Gasteiger partial charge in [0.1, 0.15) is 0 Å². The van der Waals surface area contributed by atoms with Crippen LogP contribution in [0.2, 0.25) is 0 Å². The number of carboxylic acids is 1. The second kappa shape index (κ2) is 3.65. The molecule has 1 N–H and O–H groups in total. The maximum absolute atomic E-state index is 11.9. The largest absolute Gasteiger partial charge is 0.478 e. The summed E-state index contributed by atoms with van der Waals surface area (Å²) in [5.41, 5.74) is 0.944. The minimum absolute atomic E-state index is 0.0478. The molecule has 2 rings (SSSR count). The number of allylic oxidation sites excluding steroid dienone is 3. The van der Waals surface area contributed by atoms with Gasteiger partial charge in [0, 0.05) is 30.1 Å². The van der Waals surface area contributed by atoms with Crippen molar-refractivity contribution in [2.24, 2.45) is 5.41 Å². The lowest BCUT2D eigenvalue weighted by Gasteiger charge is -2.30. The molecule has 0 spiro atoms. The van der Waals surface area contributed by atoms with Crippen molar-refractivity contribution in [3.63, 3.8) is 0 Å². The first-order chi connectivity index (χ1) is 7.83. The zero-order valence-electron chi connectivity index (χ0n) is 9.87. The van der Waals surface area contributed by atoms with Crippen molar-refractivity contribution < 1.29 is 19.5 Å². The maximum Gasteiger partial charge on any atom is 0.328 e. The standard InChI is InChI=1S/C13H14O4/c1-13(2)4-3-8(14)11-7(6-10(16)17)5-9(15)12(11)13/h6H,3-5H2,1-2H3,(H,16,17). The summed E-state index contributed by atoms with van der Waals surface area (Å²) in [5.74, 6) is -1.32. The predicted molar refractivity (Wildman–Crippen MR) is 60.4 cm³/mol. The van der Waals surface area contributed by atoms with Gasteiger partial charge >= 0.3 is 5.97 Å². The van der Waals surface area contributed by atoms with Gasteiger partial charge in [-0.25, -0.2) is 4.79 Å². The fourth-order valence-corrected chi connectivity index (χ4v) is 2.63. The molecule has 0 unspecified atom stereocenters. The first-order valence-corrected chi connectivity index (χ1v) is 5.58. The van der Waals surface area contributed by atoms with Gasteiger partial charge < -0.3 is 5.11 Å². The number of ketones is 2. The maximum atomic E-state index is 11.9. The molecule has 0 aliphatic heterocycles. The summed E-state index contributed by atoms with van der Waals surface area (Å²) in [5, 5.41) is 8.75. The number of carbonyl (C=O) groups is 3. The lowest BCUT2D eigenvalue weighted by atomic mass is 9.72. The molecule has 0 aromatic carbocycles. The Balaban J connectivity index is 2.61. The first kappa shape index (κ1) is 11.8. The van der Waals surface area contributed by atoms with Crippen LogP contribution in [0.25, 0.3) is 0 Å². The molecule has 0 fully saturated rings. The quantitative estimate of drug-likeness (QED) is 0.700. The van der Waals surface area contributed by atoms with Crippen molar-refractivity contribution >= 4 is 17.5 Å².